The summed E-state index contributed by atoms with van der Waals surface area (Å²) < 4.78 is 0. The lowest BCUT2D eigenvalue weighted by Gasteiger charge is -2.18. The molecular formula is C9H17NO3. The highest BCUT2D eigenvalue weighted by Crippen LogP contribution is 2.04. The molecule has 1 heterocycles. The van der Waals surface area contributed by atoms with Gasteiger partial charge in [0.15, 0.2) is 0 Å². The molecule has 1 rings (SSSR count). The van der Waals surface area contributed by atoms with Gasteiger partial charge in [0.05, 0.1) is 0 Å². The molecule has 1 aliphatic rings. The Morgan fingerprint density at radius 3 is 1.85 bits per heavy atom. The lowest BCUT2D eigenvalue weighted by molar-refractivity contribution is -0.132. The van der Waals surface area contributed by atoms with Gasteiger partial charge in [0.25, 0.3) is 0 Å². The molecule has 0 aliphatic carbocycles. The predicted molar refractivity (Wildman–Crippen MR) is 49.7 cm³/mol. The maximum Gasteiger partial charge on any atom is 0.330 e. The Balaban J connectivity index is 0.000000226. The third-order valence-corrected chi connectivity index (χ3v) is 1.70. The number of hydroxylamine groups is 2. The van der Waals surface area contributed by atoms with Gasteiger partial charge in [-0.15, -0.1) is 0 Å². The fourth-order valence-corrected chi connectivity index (χ4v) is 0.877. The largest absolute Gasteiger partial charge is 0.478 e. The van der Waals surface area contributed by atoms with Crippen LogP contribution in [0.15, 0.2) is 12.2 Å². The summed E-state index contributed by atoms with van der Waals surface area (Å²) in [6, 6.07) is 0. The van der Waals surface area contributed by atoms with E-state index in [0.29, 0.717) is 0 Å². The first-order chi connectivity index (χ1) is 6.04. The third-order valence-electron chi connectivity index (χ3n) is 1.70. The average Bonchev–Trinajstić information content (AvgIpc) is 2.06. The molecule has 0 spiro atoms. The standard InChI is InChI=1S/C5H11NO.C4H6O2/c7-6-4-2-1-3-5-6;1-3(2)4(5)6/h7H,1-5H2;1H2,2H3,(H,5,6). The van der Waals surface area contributed by atoms with Crippen LogP contribution in [0.25, 0.3) is 0 Å². The van der Waals surface area contributed by atoms with E-state index in [9.17, 15) is 4.79 Å². The molecule has 0 aromatic heterocycles. The van der Waals surface area contributed by atoms with Crippen LogP contribution < -0.4 is 0 Å². The van der Waals surface area contributed by atoms with Gasteiger partial charge >= 0.3 is 5.97 Å². The quantitative estimate of drug-likeness (QED) is 0.611. The van der Waals surface area contributed by atoms with Crippen molar-refractivity contribution in [3.8, 4) is 0 Å². The molecule has 0 bridgehead atoms. The molecule has 4 heteroatoms. The maximum atomic E-state index is 9.60. The van der Waals surface area contributed by atoms with Gasteiger partial charge in [0, 0.05) is 18.7 Å². The van der Waals surface area contributed by atoms with Crippen molar-refractivity contribution in [1.82, 2.24) is 5.06 Å². The second-order valence-corrected chi connectivity index (χ2v) is 3.10. The zero-order valence-electron chi connectivity index (χ0n) is 7.99. The second kappa shape index (κ2) is 6.62. The van der Waals surface area contributed by atoms with E-state index in [1.54, 1.807) is 0 Å². The van der Waals surface area contributed by atoms with Crippen LogP contribution in [-0.4, -0.2) is 34.4 Å². The molecule has 1 fully saturated rings. The predicted octanol–water partition coefficient (Wildman–Crippen LogP) is 1.51. The van der Waals surface area contributed by atoms with E-state index < -0.39 is 5.97 Å². The van der Waals surface area contributed by atoms with Gasteiger partial charge in [0.2, 0.25) is 0 Å². The molecule has 0 atom stereocenters. The van der Waals surface area contributed by atoms with Gasteiger partial charge in [-0.1, -0.05) is 13.0 Å². The van der Waals surface area contributed by atoms with Crippen LogP contribution in [0.3, 0.4) is 0 Å². The summed E-state index contributed by atoms with van der Waals surface area (Å²) in [5, 5.41) is 18.0. The number of aliphatic carboxylic acids is 1. The zero-order valence-corrected chi connectivity index (χ0v) is 7.99. The zero-order chi connectivity index (χ0) is 10.3. The highest BCUT2D eigenvalue weighted by molar-refractivity contribution is 5.84. The van der Waals surface area contributed by atoms with E-state index >= 15 is 0 Å². The van der Waals surface area contributed by atoms with Crippen molar-refractivity contribution in [3.05, 3.63) is 12.2 Å². The molecule has 13 heavy (non-hydrogen) atoms. The van der Waals surface area contributed by atoms with Crippen molar-refractivity contribution in [2.45, 2.75) is 26.2 Å². The molecule has 1 saturated heterocycles. The highest BCUT2D eigenvalue weighted by Gasteiger charge is 2.04. The molecule has 1 aliphatic heterocycles. The molecule has 0 amide bonds. The fraction of sp³-hybridized carbons (Fsp3) is 0.667. The number of piperidine rings is 1. The minimum atomic E-state index is -0.935. The van der Waals surface area contributed by atoms with Crippen LogP contribution in [0.2, 0.25) is 0 Å². The fourth-order valence-electron chi connectivity index (χ4n) is 0.877. The molecule has 4 nitrogen and oxygen atoms in total. The Labute approximate surface area is 78.4 Å². The van der Waals surface area contributed by atoms with Gasteiger partial charge in [0.1, 0.15) is 0 Å². The Hall–Kier alpha value is -0.870. The number of nitrogens with zero attached hydrogens (tertiary/aromatic N) is 1. The molecule has 0 aromatic rings. The minimum Gasteiger partial charge on any atom is -0.478 e. The van der Waals surface area contributed by atoms with E-state index in [4.69, 9.17) is 10.3 Å². The van der Waals surface area contributed by atoms with Gasteiger partial charge < -0.3 is 10.3 Å². The van der Waals surface area contributed by atoms with Crippen LogP contribution in [0.5, 0.6) is 0 Å². The summed E-state index contributed by atoms with van der Waals surface area (Å²) >= 11 is 0. The first kappa shape index (κ1) is 12.1. The lowest BCUT2D eigenvalue weighted by atomic mass is 10.2. The first-order valence-corrected chi connectivity index (χ1v) is 4.36. The van der Waals surface area contributed by atoms with Gasteiger partial charge in [-0.25, -0.2) is 4.79 Å². The SMILES string of the molecule is C=C(C)C(=O)O.ON1CCCCC1. The number of hydrogen-bond donors (Lipinski definition) is 2. The van der Waals surface area contributed by atoms with Crippen LogP contribution in [-0.2, 0) is 4.79 Å². The molecule has 0 aromatic carbocycles. The molecule has 0 unspecified atom stereocenters. The summed E-state index contributed by atoms with van der Waals surface area (Å²) in [7, 11) is 0. The second-order valence-electron chi connectivity index (χ2n) is 3.10. The summed E-state index contributed by atoms with van der Waals surface area (Å²) in [6.45, 7) is 6.35. The van der Waals surface area contributed by atoms with Gasteiger partial charge in [-0.3, -0.25) is 0 Å². The summed E-state index contributed by atoms with van der Waals surface area (Å²) in [4.78, 5) is 9.60. The van der Waals surface area contributed by atoms with Crippen molar-refractivity contribution in [2.75, 3.05) is 13.1 Å². The van der Waals surface area contributed by atoms with Gasteiger partial charge in [-0.2, -0.15) is 5.06 Å². The topological polar surface area (TPSA) is 60.8 Å². The van der Waals surface area contributed by atoms with Crippen LogP contribution in [0.4, 0.5) is 0 Å². The Morgan fingerprint density at radius 2 is 1.69 bits per heavy atom. The molecular weight excluding hydrogens is 170 g/mol. The smallest absolute Gasteiger partial charge is 0.330 e. The van der Waals surface area contributed by atoms with E-state index in [1.165, 1.54) is 18.4 Å². The van der Waals surface area contributed by atoms with E-state index in [2.05, 4.69) is 6.58 Å². The average molecular weight is 187 g/mol. The van der Waals surface area contributed by atoms with E-state index in [-0.39, 0.29) is 5.57 Å². The summed E-state index contributed by atoms with van der Waals surface area (Å²) in [5.41, 5.74) is 0.176. The van der Waals surface area contributed by atoms with Crippen molar-refractivity contribution in [2.24, 2.45) is 0 Å². The normalized spacial score (nSPS) is 17.1. The molecule has 76 valence electrons. The van der Waals surface area contributed by atoms with Crippen molar-refractivity contribution < 1.29 is 15.1 Å². The van der Waals surface area contributed by atoms with Gasteiger partial charge in [-0.05, 0) is 19.8 Å². The Kier molecular flexibility index (Phi) is 6.18. The molecule has 0 radical (unpaired) electrons. The van der Waals surface area contributed by atoms with Crippen molar-refractivity contribution >= 4 is 5.97 Å². The summed E-state index contributed by atoms with van der Waals surface area (Å²) in [5.74, 6) is -0.935. The first-order valence-electron chi connectivity index (χ1n) is 4.36. The monoisotopic (exact) mass is 187 g/mol. The number of hydrogen-bond acceptors (Lipinski definition) is 3. The van der Waals surface area contributed by atoms with E-state index in [0.717, 1.165) is 25.9 Å². The van der Waals surface area contributed by atoms with E-state index in [1.807, 2.05) is 0 Å². The minimum absolute atomic E-state index is 0.176. The summed E-state index contributed by atoms with van der Waals surface area (Å²) in [6.07, 6.45) is 3.62. The molecule has 0 saturated carbocycles. The van der Waals surface area contributed by atoms with Crippen LogP contribution in [0, 0.1) is 0 Å². The Morgan fingerprint density at radius 1 is 1.31 bits per heavy atom. The number of rotatable bonds is 1. The molecule has 2 N–H and O–H groups in total. The van der Waals surface area contributed by atoms with Crippen LogP contribution >= 0.6 is 0 Å². The number of carboxylic acids is 1. The lowest BCUT2D eigenvalue weighted by Crippen LogP contribution is -2.25. The number of carboxylic acid groups (broad SMARTS) is 1. The highest BCUT2D eigenvalue weighted by atomic mass is 16.5. The van der Waals surface area contributed by atoms with Crippen molar-refractivity contribution in [1.29, 1.82) is 0 Å². The maximum absolute atomic E-state index is 9.60. The number of carbonyl (C=O) groups is 1. The van der Waals surface area contributed by atoms with Crippen molar-refractivity contribution in [3.63, 3.8) is 0 Å². The Bertz CT molecular complexity index is 162. The van der Waals surface area contributed by atoms with Crippen LogP contribution in [0.1, 0.15) is 26.2 Å². The third kappa shape index (κ3) is 7.49.